The Morgan fingerprint density at radius 2 is 2.05 bits per heavy atom. The number of halogens is 1. The van der Waals surface area contributed by atoms with Crippen molar-refractivity contribution in [3.05, 3.63) is 35.9 Å². The number of carbonyl (C=O) groups excluding carboxylic acids is 2. The van der Waals surface area contributed by atoms with Gasteiger partial charge in [0.2, 0.25) is 5.91 Å². The van der Waals surface area contributed by atoms with Gasteiger partial charge in [0.15, 0.2) is 0 Å². The Bertz CT molecular complexity index is 476. The number of nitrogens with zero attached hydrogens (tertiary/aromatic N) is 1. The first-order chi connectivity index (χ1) is 10.2. The molecule has 1 heterocycles. The lowest BCUT2D eigenvalue weighted by Gasteiger charge is -2.28. The van der Waals surface area contributed by atoms with E-state index < -0.39 is 0 Å². The Labute approximate surface area is 137 Å². The first-order valence-electron chi connectivity index (χ1n) is 7.55. The number of nitrogens with one attached hydrogen (secondary N) is 2. The van der Waals surface area contributed by atoms with Gasteiger partial charge in [-0.3, -0.25) is 9.59 Å². The summed E-state index contributed by atoms with van der Waals surface area (Å²) in [6.45, 7) is 4.66. The second kappa shape index (κ2) is 9.43. The van der Waals surface area contributed by atoms with Crippen LogP contribution in [-0.2, 0) is 4.79 Å². The molecule has 1 fully saturated rings. The highest BCUT2D eigenvalue weighted by atomic mass is 35.5. The van der Waals surface area contributed by atoms with E-state index in [1.54, 1.807) is 12.1 Å². The van der Waals surface area contributed by atoms with Crippen molar-refractivity contribution in [3.8, 4) is 0 Å². The molecule has 2 amide bonds. The molecular formula is C16H24ClN3O2. The van der Waals surface area contributed by atoms with Crippen molar-refractivity contribution in [1.29, 1.82) is 0 Å². The first kappa shape index (κ1) is 18.5. The number of hydrogen-bond donors (Lipinski definition) is 2. The maximum atomic E-state index is 12.3. The predicted octanol–water partition coefficient (Wildman–Crippen LogP) is 1.44. The van der Waals surface area contributed by atoms with Crippen LogP contribution in [-0.4, -0.2) is 48.9 Å². The molecule has 1 aromatic carbocycles. The van der Waals surface area contributed by atoms with Crippen LogP contribution in [0.15, 0.2) is 30.3 Å². The van der Waals surface area contributed by atoms with Crippen molar-refractivity contribution in [2.45, 2.75) is 25.8 Å². The standard InChI is InChI=1S/C16H23N3O2.ClH/c1-2-10-19(14-8-9-17-11-14)15(20)12-18-16(21)13-6-4-3-5-7-13;/h3-7,14,17H,2,8-12H2,1H3,(H,18,21);1H. The fraction of sp³-hybridized carbons (Fsp3) is 0.500. The van der Waals surface area contributed by atoms with E-state index in [1.807, 2.05) is 23.1 Å². The Kier molecular flexibility index (Phi) is 7.91. The Hall–Kier alpha value is -1.59. The van der Waals surface area contributed by atoms with Gasteiger partial charge in [0.05, 0.1) is 6.54 Å². The van der Waals surface area contributed by atoms with Gasteiger partial charge in [0.25, 0.3) is 5.91 Å². The van der Waals surface area contributed by atoms with Gasteiger partial charge in [-0.25, -0.2) is 0 Å². The first-order valence-corrected chi connectivity index (χ1v) is 7.55. The van der Waals surface area contributed by atoms with Gasteiger partial charge in [-0.15, -0.1) is 12.4 Å². The fourth-order valence-corrected chi connectivity index (χ4v) is 2.61. The van der Waals surface area contributed by atoms with E-state index in [4.69, 9.17) is 0 Å². The quantitative estimate of drug-likeness (QED) is 0.832. The fourth-order valence-electron chi connectivity index (χ4n) is 2.61. The molecule has 6 heteroatoms. The highest BCUT2D eigenvalue weighted by molar-refractivity contribution is 5.96. The van der Waals surface area contributed by atoms with Crippen LogP contribution in [0.2, 0.25) is 0 Å². The largest absolute Gasteiger partial charge is 0.343 e. The molecule has 0 radical (unpaired) electrons. The van der Waals surface area contributed by atoms with Gasteiger partial charge in [-0.1, -0.05) is 25.1 Å². The van der Waals surface area contributed by atoms with Gasteiger partial charge in [-0.2, -0.15) is 0 Å². The van der Waals surface area contributed by atoms with Crippen LogP contribution in [0.25, 0.3) is 0 Å². The maximum absolute atomic E-state index is 12.3. The number of rotatable bonds is 6. The van der Waals surface area contributed by atoms with Crippen LogP contribution in [0.1, 0.15) is 30.1 Å². The molecule has 5 nitrogen and oxygen atoms in total. The lowest BCUT2D eigenvalue weighted by Crippen LogP contribution is -2.46. The Balaban J connectivity index is 0.00000242. The summed E-state index contributed by atoms with van der Waals surface area (Å²) in [5, 5.41) is 5.99. The average molecular weight is 326 g/mol. The molecular weight excluding hydrogens is 302 g/mol. The minimum absolute atomic E-state index is 0. The molecule has 1 saturated heterocycles. The van der Waals surface area contributed by atoms with E-state index in [9.17, 15) is 9.59 Å². The van der Waals surface area contributed by atoms with Crippen molar-refractivity contribution in [2.24, 2.45) is 0 Å². The molecule has 0 spiro atoms. The highest BCUT2D eigenvalue weighted by Gasteiger charge is 2.25. The third kappa shape index (κ3) is 5.00. The molecule has 1 aromatic rings. The number of benzene rings is 1. The lowest BCUT2D eigenvalue weighted by atomic mass is 10.2. The van der Waals surface area contributed by atoms with E-state index in [1.165, 1.54) is 0 Å². The summed E-state index contributed by atoms with van der Waals surface area (Å²) >= 11 is 0. The zero-order valence-electron chi connectivity index (χ0n) is 12.9. The van der Waals surface area contributed by atoms with Crippen LogP contribution in [0.3, 0.4) is 0 Å². The van der Waals surface area contributed by atoms with E-state index in [-0.39, 0.29) is 36.8 Å². The second-order valence-electron chi connectivity index (χ2n) is 5.28. The average Bonchev–Trinajstić information content (AvgIpc) is 3.04. The molecule has 0 bridgehead atoms. The zero-order valence-corrected chi connectivity index (χ0v) is 13.7. The molecule has 1 unspecified atom stereocenters. The summed E-state index contributed by atoms with van der Waals surface area (Å²) in [6.07, 6.45) is 1.91. The summed E-state index contributed by atoms with van der Waals surface area (Å²) in [5.41, 5.74) is 0.579. The Morgan fingerprint density at radius 3 is 2.64 bits per heavy atom. The lowest BCUT2D eigenvalue weighted by molar-refractivity contribution is -0.132. The van der Waals surface area contributed by atoms with Gasteiger partial charge in [0, 0.05) is 24.7 Å². The van der Waals surface area contributed by atoms with Crippen molar-refractivity contribution < 1.29 is 9.59 Å². The van der Waals surface area contributed by atoms with Gasteiger partial charge >= 0.3 is 0 Å². The third-order valence-electron chi connectivity index (χ3n) is 3.70. The number of hydrogen-bond acceptors (Lipinski definition) is 3. The normalized spacial score (nSPS) is 16.7. The van der Waals surface area contributed by atoms with Crippen LogP contribution >= 0.6 is 12.4 Å². The topological polar surface area (TPSA) is 61.4 Å². The van der Waals surface area contributed by atoms with E-state index >= 15 is 0 Å². The molecule has 0 saturated carbocycles. The maximum Gasteiger partial charge on any atom is 0.251 e. The number of amides is 2. The number of carbonyl (C=O) groups is 2. The molecule has 0 aromatic heterocycles. The Morgan fingerprint density at radius 1 is 1.32 bits per heavy atom. The van der Waals surface area contributed by atoms with Crippen molar-refractivity contribution >= 4 is 24.2 Å². The SMILES string of the molecule is CCCN(C(=O)CNC(=O)c1ccccc1)C1CCNC1.Cl. The summed E-state index contributed by atoms with van der Waals surface area (Å²) < 4.78 is 0. The summed E-state index contributed by atoms with van der Waals surface area (Å²) in [6, 6.07) is 9.22. The molecule has 1 aliphatic heterocycles. The van der Waals surface area contributed by atoms with Crippen molar-refractivity contribution in [3.63, 3.8) is 0 Å². The molecule has 1 atom stereocenters. The summed E-state index contributed by atoms with van der Waals surface area (Å²) in [5.74, 6) is -0.209. The van der Waals surface area contributed by atoms with Crippen molar-refractivity contribution in [1.82, 2.24) is 15.5 Å². The zero-order chi connectivity index (χ0) is 15.1. The van der Waals surface area contributed by atoms with Crippen LogP contribution in [0.5, 0.6) is 0 Å². The smallest absolute Gasteiger partial charge is 0.251 e. The second-order valence-corrected chi connectivity index (χ2v) is 5.28. The molecule has 1 aliphatic rings. The summed E-state index contributed by atoms with van der Waals surface area (Å²) in [4.78, 5) is 26.2. The third-order valence-corrected chi connectivity index (χ3v) is 3.70. The molecule has 2 N–H and O–H groups in total. The van der Waals surface area contributed by atoms with E-state index in [0.29, 0.717) is 5.56 Å². The highest BCUT2D eigenvalue weighted by Crippen LogP contribution is 2.09. The van der Waals surface area contributed by atoms with Gasteiger partial charge < -0.3 is 15.5 Å². The van der Waals surface area contributed by atoms with Gasteiger partial charge in [-0.05, 0) is 31.5 Å². The molecule has 22 heavy (non-hydrogen) atoms. The summed E-state index contributed by atoms with van der Waals surface area (Å²) in [7, 11) is 0. The van der Waals surface area contributed by atoms with E-state index in [0.717, 1.165) is 32.5 Å². The van der Waals surface area contributed by atoms with Gasteiger partial charge in [0.1, 0.15) is 0 Å². The monoisotopic (exact) mass is 325 g/mol. The molecule has 2 rings (SSSR count). The van der Waals surface area contributed by atoms with Crippen LogP contribution in [0, 0.1) is 0 Å². The van der Waals surface area contributed by atoms with Crippen molar-refractivity contribution in [2.75, 3.05) is 26.2 Å². The minimum atomic E-state index is -0.204. The molecule has 0 aliphatic carbocycles. The minimum Gasteiger partial charge on any atom is -0.343 e. The van der Waals surface area contributed by atoms with Crippen LogP contribution < -0.4 is 10.6 Å². The van der Waals surface area contributed by atoms with E-state index in [2.05, 4.69) is 17.6 Å². The molecule has 122 valence electrons. The predicted molar refractivity (Wildman–Crippen MR) is 89.3 cm³/mol. The van der Waals surface area contributed by atoms with Crippen LogP contribution in [0.4, 0.5) is 0 Å².